The highest BCUT2D eigenvalue weighted by Crippen LogP contribution is 2.37. The average molecular weight is 510 g/mol. The Balaban J connectivity index is 1.62. The van der Waals surface area contributed by atoms with Gasteiger partial charge in [-0.15, -0.1) is 0 Å². The fraction of sp³-hybridized carbons (Fsp3) is 0.0909. The number of benzene rings is 3. The average Bonchev–Trinajstić information content (AvgIpc) is 2.74. The number of alkyl halides is 3. The van der Waals surface area contributed by atoms with Crippen LogP contribution in [0.5, 0.6) is 0 Å². The molecule has 0 bridgehead atoms. The number of hydrogen-bond acceptors (Lipinski definition) is 5. The van der Waals surface area contributed by atoms with Crippen LogP contribution in [-0.2, 0) is 14.6 Å². The monoisotopic (exact) mass is 509 g/mol. The lowest BCUT2D eigenvalue weighted by atomic mass is 10.3. The first-order chi connectivity index (χ1) is 15.9. The number of amides is 3. The Morgan fingerprint density at radius 2 is 1.09 bits per heavy atom. The third kappa shape index (κ3) is 6.99. The van der Waals surface area contributed by atoms with E-state index in [0.29, 0.717) is 11.4 Å². The van der Waals surface area contributed by atoms with Crippen molar-refractivity contribution in [2.75, 3.05) is 16.0 Å². The number of urea groups is 1. The van der Waals surface area contributed by atoms with Gasteiger partial charge in [0.05, 0.1) is 9.79 Å². The molecule has 0 aliphatic rings. The fourth-order valence-electron chi connectivity index (χ4n) is 2.81. The first kappa shape index (κ1) is 25.1. The summed E-state index contributed by atoms with van der Waals surface area (Å²) >= 11 is -0.259. The van der Waals surface area contributed by atoms with Crippen molar-refractivity contribution in [3.05, 3.63) is 72.8 Å². The van der Waals surface area contributed by atoms with Gasteiger partial charge in [-0.05, 0) is 84.6 Å². The number of carbonyl (C=O) groups is 2. The molecule has 3 rings (SSSR count). The second kappa shape index (κ2) is 10.2. The molecule has 0 aliphatic carbocycles. The summed E-state index contributed by atoms with van der Waals surface area (Å²) in [4.78, 5) is 23.3. The smallest absolute Gasteiger partial charge is 0.326 e. The zero-order chi connectivity index (χ0) is 24.9. The Kier molecular flexibility index (Phi) is 7.52. The van der Waals surface area contributed by atoms with Crippen LogP contribution in [0.4, 0.5) is 35.0 Å². The summed E-state index contributed by atoms with van der Waals surface area (Å²) in [5.41, 5.74) is -3.35. The van der Waals surface area contributed by atoms with Gasteiger partial charge in [-0.25, -0.2) is 13.2 Å². The molecule has 3 aromatic rings. The maximum atomic E-state index is 12.8. The molecule has 12 heteroatoms. The summed E-state index contributed by atoms with van der Waals surface area (Å²) in [7, 11) is -3.82. The van der Waals surface area contributed by atoms with Crippen LogP contribution in [0.2, 0.25) is 0 Å². The van der Waals surface area contributed by atoms with Crippen molar-refractivity contribution in [1.82, 2.24) is 0 Å². The van der Waals surface area contributed by atoms with E-state index in [9.17, 15) is 31.2 Å². The van der Waals surface area contributed by atoms with Crippen LogP contribution in [0.1, 0.15) is 6.92 Å². The van der Waals surface area contributed by atoms with Crippen molar-refractivity contribution in [2.24, 2.45) is 0 Å². The van der Waals surface area contributed by atoms with Gasteiger partial charge < -0.3 is 16.0 Å². The van der Waals surface area contributed by atoms with Gasteiger partial charge in [-0.1, -0.05) is 0 Å². The van der Waals surface area contributed by atoms with Crippen molar-refractivity contribution in [1.29, 1.82) is 0 Å². The van der Waals surface area contributed by atoms with E-state index in [4.69, 9.17) is 0 Å². The number of anilines is 3. The predicted molar refractivity (Wildman–Crippen MR) is 124 cm³/mol. The largest absolute Gasteiger partial charge is 0.446 e. The summed E-state index contributed by atoms with van der Waals surface area (Å²) in [6.45, 7) is 1.34. The quantitative estimate of drug-likeness (QED) is 0.368. The number of rotatable bonds is 6. The van der Waals surface area contributed by atoms with E-state index in [1.54, 1.807) is 0 Å². The van der Waals surface area contributed by atoms with Crippen LogP contribution < -0.4 is 16.0 Å². The van der Waals surface area contributed by atoms with Crippen LogP contribution in [0, 0.1) is 0 Å². The topological polar surface area (TPSA) is 104 Å². The second-order valence-corrected chi connectivity index (χ2v) is 9.97. The summed E-state index contributed by atoms with van der Waals surface area (Å²) in [6.07, 6.45) is 0. The predicted octanol–water partition coefficient (Wildman–Crippen LogP) is 5.73. The molecule has 3 aromatic carbocycles. The Labute approximate surface area is 197 Å². The van der Waals surface area contributed by atoms with Crippen LogP contribution in [-0.4, -0.2) is 25.9 Å². The number of thioether (sulfide) groups is 1. The van der Waals surface area contributed by atoms with Gasteiger partial charge in [-0.2, -0.15) is 13.2 Å². The van der Waals surface area contributed by atoms with Gasteiger partial charge in [-0.3, -0.25) is 4.79 Å². The van der Waals surface area contributed by atoms with E-state index >= 15 is 0 Å². The Bertz CT molecular complexity index is 1280. The number of hydrogen-bond donors (Lipinski definition) is 3. The fourth-order valence-corrected chi connectivity index (χ4v) is 4.61. The molecule has 0 fully saturated rings. The number of halogens is 3. The first-order valence-corrected chi connectivity index (χ1v) is 11.9. The van der Waals surface area contributed by atoms with Gasteiger partial charge in [0.15, 0.2) is 0 Å². The van der Waals surface area contributed by atoms with E-state index < -0.39 is 21.4 Å². The zero-order valence-electron chi connectivity index (χ0n) is 17.5. The summed E-state index contributed by atoms with van der Waals surface area (Å²) in [5, 5.41) is 7.55. The SMILES string of the molecule is CC(=O)Nc1ccc(S(=O)(=O)c2ccc(NC(=O)Nc3ccc(SC(F)(F)F)cc3)cc2)cc1. The molecule has 0 saturated carbocycles. The van der Waals surface area contributed by atoms with Crippen LogP contribution in [0.3, 0.4) is 0 Å². The molecule has 0 radical (unpaired) electrons. The van der Waals surface area contributed by atoms with E-state index in [1.165, 1.54) is 79.7 Å². The second-order valence-electron chi connectivity index (χ2n) is 6.88. The Hall–Kier alpha value is -3.51. The van der Waals surface area contributed by atoms with E-state index in [-0.39, 0.29) is 38.0 Å². The lowest BCUT2D eigenvalue weighted by Crippen LogP contribution is -2.19. The van der Waals surface area contributed by atoms with Crippen molar-refractivity contribution >= 4 is 50.6 Å². The summed E-state index contributed by atoms with van der Waals surface area (Å²) in [5.74, 6) is -0.278. The summed E-state index contributed by atoms with van der Waals surface area (Å²) < 4.78 is 62.7. The van der Waals surface area contributed by atoms with E-state index in [0.717, 1.165) is 0 Å². The maximum Gasteiger partial charge on any atom is 0.446 e. The van der Waals surface area contributed by atoms with Crippen LogP contribution in [0.15, 0.2) is 87.5 Å². The van der Waals surface area contributed by atoms with Gasteiger partial charge in [0, 0.05) is 28.9 Å². The van der Waals surface area contributed by atoms with Gasteiger partial charge in [0.2, 0.25) is 15.7 Å². The number of carbonyl (C=O) groups excluding carboxylic acids is 2. The van der Waals surface area contributed by atoms with E-state index in [1.807, 2.05) is 0 Å². The normalized spacial score (nSPS) is 11.5. The number of nitrogens with one attached hydrogen (secondary N) is 3. The molecular formula is C22H18F3N3O4S2. The molecular weight excluding hydrogens is 491 g/mol. The van der Waals surface area contributed by atoms with Crippen molar-refractivity contribution in [3.63, 3.8) is 0 Å². The third-order valence-corrected chi connectivity index (χ3v) is 6.78. The molecule has 0 heterocycles. The minimum Gasteiger partial charge on any atom is -0.326 e. The third-order valence-electron chi connectivity index (χ3n) is 4.25. The molecule has 0 aliphatic heterocycles. The lowest BCUT2D eigenvalue weighted by Gasteiger charge is -2.10. The summed E-state index contributed by atoms with van der Waals surface area (Å²) in [6, 6.07) is 15.6. The van der Waals surface area contributed by atoms with E-state index in [2.05, 4.69) is 16.0 Å². The molecule has 34 heavy (non-hydrogen) atoms. The van der Waals surface area contributed by atoms with Crippen molar-refractivity contribution in [2.45, 2.75) is 27.1 Å². The molecule has 3 amide bonds. The zero-order valence-corrected chi connectivity index (χ0v) is 19.1. The van der Waals surface area contributed by atoms with Gasteiger partial charge >= 0.3 is 11.5 Å². The highest BCUT2D eigenvalue weighted by molar-refractivity contribution is 8.00. The molecule has 0 spiro atoms. The minimum absolute atomic E-state index is 0.00323. The molecule has 0 unspecified atom stereocenters. The lowest BCUT2D eigenvalue weighted by molar-refractivity contribution is -0.114. The molecule has 178 valence electrons. The van der Waals surface area contributed by atoms with Gasteiger partial charge in [0.1, 0.15) is 0 Å². The minimum atomic E-state index is -4.40. The number of sulfone groups is 1. The molecule has 7 nitrogen and oxygen atoms in total. The van der Waals surface area contributed by atoms with Crippen molar-refractivity contribution in [3.8, 4) is 0 Å². The first-order valence-electron chi connectivity index (χ1n) is 9.59. The Morgan fingerprint density at radius 1 is 0.706 bits per heavy atom. The highest BCUT2D eigenvalue weighted by atomic mass is 32.2. The van der Waals surface area contributed by atoms with Crippen LogP contribution in [0.25, 0.3) is 0 Å². The van der Waals surface area contributed by atoms with Crippen molar-refractivity contribution < 1.29 is 31.2 Å². The van der Waals surface area contributed by atoms with Crippen LogP contribution >= 0.6 is 11.8 Å². The standard InChI is InChI=1S/C22H18F3N3O4S2/c1-14(29)26-15-4-10-19(11-5-15)34(31,32)20-12-6-17(7-13-20)28-21(30)27-16-2-8-18(9-3-16)33-22(23,24)25/h2-13H,1H3,(H,26,29)(H2,27,28,30). The van der Waals surface area contributed by atoms with Gasteiger partial charge in [0.25, 0.3) is 0 Å². The molecule has 3 N–H and O–H groups in total. The Morgan fingerprint density at radius 3 is 1.47 bits per heavy atom. The highest BCUT2D eigenvalue weighted by Gasteiger charge is 2.29. The molecule has 0 saturated heterocycles. The molecule has 0 aromatic heterocycles. The maximum absolute atomic E-state index is 12.8. The molecule has 0 atom stereocenters.